The predicted molar refractivity (Wildman–Crippen MR) is 53.7 cm³/mol. The first kappa shape index (κ1) is 8.17. The standard InChI is InChI=1S/C11H14N2/c1-11(2,9-5-3-7-12-9)10-6-4-8-13-10/h3-8,12-13H,1-2H3. The quantitative estimate of drug-likeness (QED) is 0.701. The molecule has 0 aliphatic carbocycles. The number of hydrogen-bond donors (Lipinski definition) is 2. The molecule has 0 saturated carbocycles. The van der Waals surface area contributed by atoms with Crippen LogP contribution in [0.3, 0.4) is 0 Å². The summed E-state index contributed by atoms with van der Waals surface area (Å²) >= 11 is 0. The molecule has 68 valence electrons. The van der Waals surface area contributed by atoms with Gasteiger partial charge in [-0.3, -0.25) is 0 Å². The highest BCUT2D eigenvalue weighted by atomic mass is 14.8. The lowest BCUT2D eigenvalue weighted by Gasteiger charge is -2.22. The molecule has 0 aliphatic heterocycles. The van der Waals surface area contributed by atoms with Crippen LogP contribution < -0.4 is 0 Å². The molecule has 0 fully saturated rings. The Morgan fingerprint density at radius 2 is 1.38 bits per heavy atom. The van der Waals surface area contributed by atoms with Gasteiger partial charge in [-0.25, -0.2) is 0 Å². The molecule has 2 rings (SSSR count). The second-order valence-corrected chi connectivity index (χ2v) is 3.79. The smallest absolute Gasteiger partial charge is 0.0447 e. The Hall–Kier alpha value is -1.44. The molecule has 0 atom stereocenters. The van der Waals surface area contributed by atoms with E-state index in [1.54, 1.807) is 0 Å². The molecule has 0 aromatic carbocycles. The summed E-state index contributed by atoms with van der Waals surface area (Å²) in [6, 6.07) is 8.28. The number of H-pyrrole nitrogens is 2. The van der Waals surface area contributed by atoms with Crippen molar-refractivity contribution < 1.29 is 0 Å². The van der Waals surface area contributed by atoms with Gasteiger partial charge in [0.1, 0.15) is 0 Å². The zero-order valence-corrected chi connectivity index (χ0v) is 7.96. The Morgan fingerprint density at radius 1 is 0.923 bits per heavy atom. The minimum Gasteiger partial charge on any atom is -0.364 e. The highest BCUT2D eigenvalue weighted by Gasteiger charge is 2.24. The number of aromatic amines is 2. The molecule has 13 heavy (non-hydrogen) atoms. The van der Waals surface area contributed by atoms with E-state index in [4.69, 9.17) is 0 Å². The van der Waals surface area contributed by atoms with Gasteiger partial charge in [-0.1, -0.05) is 0 Å². The van der Waals surface area contributed by atoms with Gasteiger partial charge >= 0.3 is 0 Å². The molecule has 0 bridgehead atoms. The van der Waals surface area contributed by atoms with Crippen LogP contribution in [0.2, 0.25) is 0 Å². The van der Waals surface area contributed by atoms with E-state index in [9.17, 15) is 0 Å². The van der Waals surface area contributed by atoms with E-state index in [0.717, 1.165) is 0 Å². The van der Waals surface area contributed by atoms with Crippen molar-refractivity contribution in [3.05, 3.63) is 48.0 Å². The Labute approximate surface area is 78.0 Å². The molecule has 0 saturated heterocycles. The van der Waals surface area contributed by atoms with Crippen LogP contribution in [-0.2, 0) is 5.41 Å². The van der Waals surface area contributed by atoms with Crippen molar-refractivity contribution in [3.8, 4) is 0 Å². The maximum absolute atomic E-state index is 3.25. The van der Waals surface area contributed by atoms with Gasteiger partial charge in [0.25, 0.3) is 0 Å². The third-order valence-corrected chi connectivity index (χ3v) is 2.54. The van der Waals surface area contributed by atoms with Gasteiger partial charge in [-0.05, 0) is 38.1 Å². The summed E-state index contributed by atoms with van der Waals surface area (Å²) in [4.78, 5) is 6.49. The Kier molecular flexibility index (Phi) is 1.76. The summed E-state index contributed by atoms with van der Waals surface area (Å²) in [7, 11) is 0. The van der Waals surface area contributed by atoms with Crippen LogP contribution in [0, 0.1) is 0 Å². The molecule has 2 nitrogen and oxygen atoms in total. The second-order valence-electron chi connectivity index (χ2n) is 3.79. The lowest BCUT2D eigenvalue weighted by Crippen LogP contribution is -2.19. The van der Waals surface area contributed by atoms with E-state index in [2.05, 4.69) is 35.9 Å². The van der Waals surface area contributed by atoms with Crippen LogP contribution in [-0.4, -0.2) is 9.97 Å². The van der Waals surface area contributed by atoms with Gasteiger partial charge in [0, 0.05) is 29.2 Å². The summed E-state index contributed by atoms with van der Waals surface area (Å²) in [6.45, 7) is 4.40. The largest absolute Gasteiger partial charge is 0.364 e. The molecule has 2 heteroatoms. The average Bonchev–Trinajstić information content (AvgIpc) is 2.78. The highest BCUT2D eigenvalue weighted by Crippen LogP contribution is 2.28. The molecular weight excluding hydrogens is 160 g/mol. The fraction of sp³-hybridized carbons (Fsp3) is 0.273. The minimum absolute atomic E-state index is 0.0347. The van der Waals surface area contributed by atoms with Gasteiger partial charge in [-0.15, -0.1) is 0 Å². The van der Waals surface area contributed by atoms with Crippen LogP contribution in [0.4, 0.5) is 0 Å². The molecule has 0 radical (unpaired) electrons. The van der Waals surface area contributed by atoms with Crippen LogP contribution >= 0.6 is 0 Å². The van der Waals surface area contributed by atoms with Crippen molar-refractivity contribution in [2.45, 2.75) is 19.3 Å². The zero-order chi connectivity index (χ0) is 9.31. The molecule has 2 N–H and O–H groups in total. The first-order valence-electron chi connectivity index (χ1n) is 4.49. The topological polar surface area (TPSA) is 31.6 Å². The van der Waals surface area contributed by atoms with Crippen molar-refractivity contribution in [2.24, 2.45) is 0 Å². The molecule has 2 heterocycles. The fourth-order valence-electron chi connectivity index (χ4n) is 1.58. The molecule has 0 unspecified atom stereocenters. The van der Waals surface area contributed by atoms with Gasteiger partial charge in [-0.2, -0.15) is 0 Å². The van der Waals surface area contributed by atoms with Crippen LogP contribution in [0.25, 0.3) is 0 Å². The van der Waals surface area contributed by atoms with Gasteiger partial charge < -0.3 is 9.97 Å². The normalized spacial score (nSPS) is 11.8. The summed E-state index contributed by atoms with van der Waals surface area (Å²) in [6.07, 6.45) is 3.92. The molecule has 0 amide bonds. The highest BCUT2D eigenvalue weighted by molar-refractivity contribution is 5.28. The first-order chi connectivity index (χ1) is 6.21. The lowest BCUT2D eigenvalue weighted by molar-refractivity contribution is 0.603. The first-order valence-corrected chi connectivity index (χ1v) is 4.49. The fourth-order valence-corrected chi connectivity index (χ4v) is 1.58. The molecule has 0 aliphatic rings. The van der Waals surface area contributed by atoms with E-state index in [1.807, 2.05) is 24.5 Å². The van der Waals surface area contributed by atoms with Crippen molar-refractivity contribution in [1.29, 1.82) is 0 Å². The summed E-state index contributed by atoms with van der Waals surface area (Å²) in [5.41, 5.74) is 2.50. The molecule has 2 aromatic heterocycles. The third kappa shape index (κ3) is 1.28. The summed E-state index contributed by atoms with van der Waals surface area (Å²) < 4.78 is 0. The van der Waals surface area contributed by atoms with Crippen LogP contribution in [0.1, 0.15) is 25.2 Å². The van der Waals surface area contributed by atoms with Crippen molar-refractivity contribution in [2.75, 3.05) is 0 Å². The number of hydrogen-bond acceptors (Lipinski definition) is 0. The molecule has 2 aromatic rings. The Bertz CT molecular complexity index is 318. The molecule has 0 spiro atoms. The predicted octanol–water partition coefficient (Wildman–Crippen LogP) is 2.67. The summed E-state index contributed by atoms with van der Waals surface area (Å²) in [5.74, 6) is 0. The zero-order valence-electron chi connectivity index (χ0n) is 7.96. The average molecular weight is 174 g/mol. The third-order valence-electron chi connectivity index (χ3n) is 2.54. The van der Waals surface area contributed by atoms with Gasteiger partial charge in [0.2, 0.25) is 0 Å². The van der Waals surface area contributed by atoms with Gasteiger partial charge in [0.05, 0.1) is 0 Å². The van der Waals surface area contributed by atoms with E-state index in [0.29, 0.717) is 0 Å². The maximum Gasteiger partial charge on any atom is 0.0447 e. The van der Waals surface area contributed by atoms with Gasteiger partial charge in [0.15, 0.2) is 0 Å². The van der Waals surface area contributed by atoms with E-state index in [-0.39, 0.29) is 5.41 Å². The van der Waals surface area contributed by atoms with Crippen molar-refractivity contribution in [1.82, 2.24) is 9.97 Å². The summed E-state index contributed by atoms with van der Waals surface area (Å²) in [5, 5.41) is 0. The number of rotatable bonds is 2. The maximum atomic E-state index is 3.25. The van der Waals surface area contributed by atoms with Crippen LogP contribution in [0.5, 0.6) is 0 Å². The number of nitrogens with one attached hydrogen (secondary N) is 2. The van der Waals surface area contributed by atoms with E-state index in [1.165, 1.54) is 11.4 Å². The Balaban J connectivity index is 2.42. The SMILES string of the molecule is CC(C)(c1ccc[nH]1)c1ccc[nH]1. The van der Waals surface area contributed by atoms with E-state index >= 15 is 0 Å². The minimum atomic E-state index is 0.0347. The molecular formula is C11H14N2. The second kappa shape index (κ2) is 2.80. The van der Waals surface area contributed by atoms with E-state index < -0.39 is 0 Å². The van der Waals surface area contributed by atoms with Crippen LogP contribution in [0.15, 0.2) is 36.7 Å². The van der Waals surface area contributed by atoms with Crippen molar-refractivity contribution >= 4 is 0 Å². The lowest BCUT2D eigenvalue weighted by atomic mass is 9.86. The van der Waals surface area contributed by atoms with Crippen molar-refractivity contribution in [3.63, 3.8) is 0 Å². The number of aromatic nitrogens is 2. The Morgan fingerprint density at radius 3 is 1.69 bits per heavy atom. The monoisotopic (exact) mass is 174 g/mol.